The fraction of sp³-hybridized carbons (Fsp3) is 0.259. The van der Waals surface area contributed by atoms with Crippen molar-refractivity contribution in [2.45, 2.75) is 39.0 Å². The number of rotatable bonds is 6. The Labute approximate surface area is 216 Å². The summed E-state index contributed by atoms with van der Waals surface area (Å²) in [4.78, 5) is 51.3. The molecular formula is C27H24F2N6O3. The lowest BCUT2D eigenvalue weighted by Gasteiger charge is -2.24. The average Bonchev–Trinajstić information content (AvgIpc) is 3.45. The number of nitrogens with one attached hydrogen (secondary N) is 1. The van der Waals surface area contributed by atoms with E-state index < -0.39 is 30.1 Å². The molecule has 2 amide bonds. The number of Topliss-reactive ketones (excluding diaryl/α,β-unsaturated/α-hetero) is 1. The van der Waals surface area contributed by atoms with Crippen LogP contribution in [0.5, 0.6) is 0 Å². The maximum Gasteiger partial charge on any atom is 0.308 e. The van der Waals surface area contributed by atoms with E-state index in [2.05, 4.69) is 20.3 Å². The molecule has 1 fully saturated rings. The van der Waals surface area contributed by atoms with Crippen LogP contribution in [0.25, 0.3) is 22.0 Å². The van der Waals surface area contributed by atoms with E-state index in [-0.39, 0.29) is 25.3 Å². The summed E-state index contributed by atoms with van der Waals surface area (Å²) in [5.41, 5.74) is 2.94. The minimum Gasteiger partial charge on any atom is -0.337 e. The van der Waals surface area contributed by atoms with Crippen LogP contribution in [0.15, 0.2) is 55.0 Å². The van der Waals surface area contributed by atoms with Crippen molar-refractivity contribution in [2.24, 2.45) is 0 Å². The Balaban J connectivity index is 1.41. The van der Waals surface area contributed by atoms with E-state index >= 15 is 0 Å². The molecule has 5 rings (SSSR count). The highest BCUT2D eigenvalue weighted by molar-refractivity contribution is 6.08. The van der Waals surface area contributed by atoms with Crippen molar-refractivity contribution in [3.8, 4) is 11.1 Å². The minimum atomic E-state index is -1.34. The van der Waals surface area contributed by atoms with Gasteiger partial charge in [0.15, 0.2) is 5.78 Å². The Bertz CT molecular complexity index is 1550. The molecule has 1 aliphatic rings. The van der Waals surface area contributed by atoms with Gasteiger partial charge in [0, 0.05) is 52.7 Å². The number of hydrogen-bond acceptors (Lipinski definition) is 6. The van der Waals surface area contributed by atoms with E-state index in [1.165, 1.54) is 24.2 Å². The molecule has 9 nitrogen and oxygen atoms in total. The topological polar surface area (TPSA) is 110 Å². The van der Waals surface area contributed by atoms with Crippen molar-refractivity contribution in [1.82, 2.24) is 24.4 Å². The minimum absolute atomic E-state index is 0.113. The van der Waals surface area contributed by atoms with Crippen molar-refractivity contribution < 1.29 is 23.2 Å². The highest BCUT2D eigenvalue weighted by atomic mass is 19.1. The quantitative estimate of drug-likeness (QED) is 0.308. The molecular weight excluding hydrogens is 494 g/mol. The third-order valence-corrected chi connectivity index (χ3v) is 6.53. The number of amides is 2. The van der Waals surface area contributed by atoms with E-state index in [0.717, 1.165) is 0 Å². The van der Waals surface area contributed by atoms with Crippen LogP contribution < -0.4 is 5.32 Å². The molecule has 11 heteroatoms. The maximum absolute atomic E-state index is 14.4. The molecule has 0 saturated carbocycles. The average molecular weight is 519 g/mol. The molecule has 4 heterocycles. The number of pyridine rings is 1. The van der Waals surface area contributed by atoms with Gasteiger partial charge >= 0.3 is 6.08 Å². The number of aryl methyl sites for hydroxylation is 1. The number of aromatic nitrogens is 4. The van der Waals surface area contributed by atoms with Crippen molar-refractivity contribution >= 4 is 34.3 Å². The van der Waals surface area contributed by atoms with Crippen molar-refractivity contribution in [3.63, 3.8) is 0 Å². The molecule has 1 saturated heterocycles. The van der Waals surface area contributed by atoms with Gasteiger partial charge < -0.3 is 14.8 Å². The Hall–Kier alpha value is -4.54. The van der Waals surface area contributed by atoms with Crippen LogP contribution in [0.1, 0.15) is 29.4 Å². The summed E-state index contributed by atoms with van der Waals surface area (Å²) in [5, 5.41) is 3.27. The number of alkyl halides is 1. The van der Waals surface area contributed by atoms with E-state index in [1.807, 2.05) is 0 Å². The van der Waals surface area contributed by atoms with Crippen LogP contribution in [0.2, 0.25) is 0 Å². The van der Waals surface area contributed by atoms with E-state index in [1.54, 1.807) is 54.1 Å². The molecule has 1 N–H and O–H groups in total. The molecule has 2 atom stereocenters. The van der Waals surface area contributed by atoms with Crippen LogP contribution in [0.4, 0.5) is 14.6 Å². The molecule has 1 aromatic carbocycles. The molecule has 0 radical (unpaired) electrons. The summed E-state index contributed by atoms with van der Waals surface area (Å²) in [5.74, 6) is -0.841. The lowest BCUT2D eigenvalue weighted by atomic mass is 10.0. The van der Waals surface area contributed by atoms with Gasteiger partial charge in [-0.05, 0) is 43.7 Å². The van der Waals surface area contributed by atoms with Gasteiger partial charge in [-0.2, -0.15) is 4.39 Å². The predicted molar refractivity (Wildman–Crippen MR) is 136 cm³/mol. The zero-order valence-electron chi connectivity index (χ0n) is 20.7. The molecule has 194 valence electrons. The van der Waals surface area contributed by atoms with E-state index in [9.17, 15) is 23.2 Å². The molecule has 0 aliphatic carbocycles. The second-order valence-electron chi connectivity index (χ2n) is 9.25. The lowest BCUT2D eigenvalue weighted by molar-refractivity contribution is -0.137. The predicted octanol–water partition coefficient (Wildman–Crippen LogP) is 3.72. The smallest absolute Gasteiger partial charge is 0.308 e. The van der Waals surface area contributed by atoms with E-state index in [4.69, 9.17) is 0 Å². The standard InChI is InChI=1S/C27H24F2N6O3/c1-15-4-3-5-24(32-15)33-26(38)23-9-19(28)12-35(23)25(37)14-34-13-21(16(2)36)20-8-17(6-7-22(20)34)18-10-30-27(29)31-11-18/h3-8,10-11,13,19,23H,9,12,14H2,1-2H3,(H,32,33,38)/t19-,23+/m1/s1. The molecule has 0 spiro atoms. The Kier molecular flexibility index (Phi) is 6.66. The highest BCUT2D eigenvalue weighted by Crippen LogP contribution is 2.29. The normalized spacial score (nSPS) is 17.1. The van der Waals surface area contributed by atoms with Crippen LogP contribution >= 0.6 is 0 Å². The molecule has 38 heavy (non-hydrogen) atoms. The third kappa shape index (κ3) is 4.99. The van der Waals surface area contributed by atoms with Crippen LogP contribution in [-0.2, 0) is 16.1 Å². The van der Waals surface area contributed by atoms with Gasteiger partial charge in [0.1, 0.15) is 24.6 Å². The second kappa shape index (κ2) is 10.1. The number of benzene rings is 1. The highest BCUT2D eigenvalue weighted by Gasteiger charge is 2.40. The van der Waals surface area contributed by atoms with Crippen molar-refractivity contribution in [3.05, 3.63) is 72.3 Å². The molecule has 3 aromatic heterocycles. The summed E-state index contributed by atoms with van der Waals surface area (Å²) in [6.45, 7) is 2.81. The maximum atomic E-state index is 14.4. The van der Waals surface area contributed by atoms with Crippen LogP contribution in [0, 0.1) is 13.0 Å². The molecule has 0 bridgehead atoms. The van der Waals surface area contributed by atoms with E-state index in [0.29, 0.717) is 39.1 Å². The van der Waals surface area contributed by atoms with Gasteiger partial charge in [-0.15, -0.1) is 0 Å². The zero-order valence-corrected chi connectivity index (χ0v) is 20.7. The first kappa shape index (κ1) is 25.1. The van der Waals surface area contributed by atoms with Gasteiger partial charge in [0.05, 0.1) is 6.54 Å². The SMILES string of the molecule is CC(=O)c1cn(CC(=O)N2C[C@H](F)C[C@H]2C(=O)Nc2cccc(C)n2)c2ccc(-c3cnc(F)nc3)cc12. The lowest BCUT2D eigenvalue weighted by Crippen LogP contribution is -2.44. The number of carbonyl (C=O) groups excluding carboxylic acids is 3. The van der Waals surface area contributed by atoms with Gasteiger partial charge in [0.25, 0.3) is 0 Å². The number of fused-ring (bicyclic) bond motifs is 1. The first-order valence-corrected chi connectivity index (χ1v) is 12.0. The Morgan fingerprint density at radius 3 is 2.58 bits per heavy atom. The van der Waals surface area contributed by atoms with Gasteiger partial charge in [0.2, 0.25) is 11.8 Å². The third-order valence-electron chi connectivity index (χ3n) is 6.53. The molecule has 0 unspecified atom stereocenters. The molecule has 1 aliphatic heterocycles. The second-order valence-corrected chi connectivity index (χ2v) is 9.25. The zero-order chi connectivity index (χ0) is 27.0. The number of halogens is 2. The fourth-order valence-corrected chi connectivity index (χ4v) is 4.72. The van der Waals surface area contributed by atoms with Crippen molar-refractivity contribution in [2.75, 3.05) is 11.9 Å². The summed E-state index contributed by atoms with van der Waals surface area (Å²) in [6.07, 6.45) is 1.96. The summed E-state index contributed by atoms with van der Waals surface area (Å²) >= 11 is 0. The Morgan fingerprint density at radius 2 is 1.87 bits per heavy atom. The van der Waals surface area contributed by atoms with Crippen LogP contribution in [0.3, 0.4) is 0 Å². The number of hydrogen-bond donors (Lipinski definition) is 1. The van der Waals surface area contributed by atoms with Crippen LogP contribution in [-0.4, -0.2) is 60.8 Å². The summed E-state index contributed by atoms with van der Waals surface area (Å²) in [6, 6.07) is 9.41. The summed E-state index contributed by atoms with van der Waals surface area (Å²) in [7, 11) is 0. The fourth-order valence-electron chi connectivity index (χ4n) is 4.72. The first-order valence-electron chi connectivity index (χ1n) is 12.0. The number of likely N-dealkylation sites (tertiary alicyclic amines) is 1. The molecule has 4 aromatic rings. The van der Waals surface area contributed by atoms with Gasteiger partial charge in [-0.25, -0.2) is 19.3 Å². The Morgan fingerprint density at radius 1 is 1.11 bits per heavy atom. The van der Waals surface area contributed by atoms with Gasteiger partial charge in [-0.1, -0.05) is 12.1 Å². The van der Waals surface area contributed by atoms with Gasteiger partial charge in [-0.3, -0.25) is 14.4 Å². The number of ketones is 1. The largest absolute Gasteiger partial charge is 0.337 e. The number of anilines is 1. The number of nitrogens with zero attached hydrogens (tertiary/aromatic N) is 5. The summed E-state index contributed by atoms with van der Waals surface area (Å²) < 4.78 is 29.2. The number of carbonyl (C=O) groups is 3. The first-order chi connectivity index (χ1) is 18.2. The monoisotopic (exact) mass is 518 g/mol. The van der Waals surface area contributed by atoms with Crippen molar-refractivity contribution in [1.29, 1.82) is 0 Å².